The second-order valence-corrected chi connectivity index (χ2v) is 6.25. The van der Waals surface area contributed by atoms with Gasteiger partial charge >= 0.3 is 6.61 Å². The highest BCUT2D eigenvalue weighted by molar-refractivity contribution is 6.02. The van der Waals surface area contributed by atoms with Crippen molar-refractivity contribution < 1.29 is 32.2 Å². The molecule has 2 aromatic carbocycles. The molecule has 6 nitrogen and oxygen atoms in total. The minimum atomic E-state index is -2.98. The molecule has 1 heterocycles. The number of anilines is 1. The first-order valence-corrected chi connectivity index (χ1v) is 9.23. The topological polar surface area (TPSA) is 69.9 Å². The molecule has 1 aromatic heterocycles. The number of aryl methyl sites for hydroxylation is 1. The quantitative estimate of drug-likeness (QED) is 0.513. The van der Waals surface area contributed by atoms with Gasteiger partial charge in [0.2, 0.25) is 0 Å². The number of amides is 1. The Labute approximate surface area is 172 Å². The van der Waals surface area contributed by atoms with Gasteiger partial charge in [-0.15, -0.1) is 0 Å². The molecule has 1 N–H and O–H groups in total. The molecule has 0 bridgehead atoms. The lowest BCUT2D eigenvalue weighted by Gasteiger charge is -2.11. The Hall–Kier alpha value is -3.55. The lowest BCUT2D eigenvalue weighted by Crippen LogP contribution is -2.11. The van der Waals surface area contributed by atoms with E-state index in [9.17, 15) is 13.6 Å². The van der Waals surface area contributed by atoms with Crippen molar-refractivity contribution in [3.8, 4) is 17.2 Å². The molecule has 158 valence electrons. The first kappa shape index (κ1) is 21.2. The minimum Gasteiger partial charge on any atom is -0.493 e. The first-order valence-electron chi connectivity index (χ1n) is 9.23. The molecule has 1 amide bonds. The maximum atomic E-state index is 12.4. The Morgan fingerprint density at radius 1 is 1.07 bits per heavy atom. The number of furan rings is 1. The van der Waals surface area contributed by atoms with Gasteiger partial charge in [0.15, 0.2) is 17.3 Å². The van der Waals surface area contributed by atoms with Crippen molar-refractivity contribution >= 4 is 11.6 Å². The van der Waals surface area contributed by atoms with Crippen molar-refractivity contribution in [3.63, 3.8) is 0 Å². The summed E-state index contributed by atoms with van der Waals surface area (Å²) in [4.78, 5) is 12.4. The molecule has 8 heteroatoms. The summed E-state index contributed by atoms with van der Waals surface area (Å²) < 4.78 is 45.4. The van der Waals surface area contributed by atoms with Gasteiger partial charge in [-0.2, -0.15) is 8.78 Å². The maximum absolute atomic E-state index is 12.4. The standard InChI is InChI=1S/C22H21F2NO5/c1-3-14-4-7-16(8-5-14)28-13-17-9-11-19(29-17)21(26)25-15-6-10-18(30-22(23)24)20(12-15)27-2/h4-12,22H,3,13H2,1-2H3,(H,25,26). The van der Waals surface area contributed by atoms with Crippen LogP contribution in [0.5, 0.6) is 17.2 Å². The lowest BCUT2D eigenvalue weighted by atomic mass is 10.2. The Bertz CT molecular complexity index is 985. The van der Waals surface area contributed by atoms with E-state index in [1.54, 1.807) is 6.07 Å². The number of hydrogen-bond donors (Lipinski definition) is 1. The normalized spacial score (nSPS) is 10.7. The first-order chi connectivity index (χ1) is 14.5. The van der Waals surface area contributed by atoms with E-state index in [4.69, 9.17) is 13.9 Å². The molecule has 30 heavy (non-hydrogen) atoms. The summed E-state index contributed by atoms with van der Waals surface area (Å²) in [5.41, 5.74) is 1.55. The third kappa shape index (κ3) is 5.50. The van der Waals surface area contributed by atoms with Crippen molar-refractivity contribution in [2.45, 2.75) is 26.6 Å². The fraction of sp³-hybridized carbons (Fsp3) is 0.227. The molecule has 3 rings (SSSR count). The smallest absolute Gasteiger partial charge is 0.387 e. The number of carbonyl (C=O) groups is 1. The zero-order valence-corrected chi connectivity index (χ0v) is 16.5. The molecule has 0 radical (unpaired) electrons. The molecule has 0 fully saturated rings. The summed E-state index contributed by atoms with van der Waals surface area (Å²) in [7, 11) is 1.31. The third-order valence-corrected chi connectivity index (χ3v) is 4.24. The number of rotatable bonds is 9. The second-order valence-electron chi connectivity index (χ2n) is 6.25. The summed E-state index contributed by atoms with van der Waals surface area (Å²) in [5.74, 6) is 0.705. The van der Waals surface area contributed by atoms with Crippen LogP contribution in [0.25, 0.3) is 0 Å². The van der Waals surface area contributed by atoms with Crippen molar-refractivity contribution in [3.05, 3.63) is 71.7 Å². The van der Waals surface area contributed by atoms with E-state index in [1.165, 1.54) is 36.9 Å². The predicted octanol–water partition coefficient (Wildman–Crippen LogP) is 5.28. The molecule has 0 atom stereocenters. The highest BCUT2D eigenvalue weighted by Gasteiger charge is 2.15. The van der Waals surface area contributed by atoms with Crippen LogP contribution in [0.15, 0.2) is 59.0 Å². The van der Waals surface area contributed by atoms with Gasteiger partial charge in [-0.25, -0.2) is 0 Å². The molecule has 0 spiro atoms. The Kier molecular flexibility index (Phi) is 6.90. The average molecular weight is 417 g/mol. The van der Waals surface area contributed by atoms with Crippen LogP contribution in [-0.2, 0) is 13.0 Å². The van der Waals surface area contributed by atoms with Crippen molar-refractivity contribution in [2.24, 2.45) is 0 Å². The van der Waals surface area contributed by atoms with E-state index in [-0.39, 0.29) is 23.9 Å². The summed E-state index contributed by atoms with van der Waals surface area (Å²) in [6.45, 7) is -0.730. The largest absolute Gasteiger partial charge is 0.493 e. The zero-order chi connectivity index (χ0) is 21.5. The van der Waals surface area contributed by atoms with Crippen LogP contribution in [0.2, 0.25) is 0 Å². The number of alkyl halides is 2. The molecular formula is C22H21F2NO5. The van der Waals surface area contributed by atoms with Gasteiger partial charge in [-0.3, -0.25) is 4.79 Å². The van der Waals surface area contributed by atoms with E-state index in [0.29, 0.717) is 17.2 Å². The molecule has 3 aromatic rings. The molecule has 0 aliphatic carbocycles. The average Bonchev–Trinajstić information content (AvgIpc) is 3.22. The van der Waals surface area contributed by atoms with Gasteiger partial charge < -0.3 is 23.9 Å². The number of ether oxygens (including phenoxy) is 3. The van der Waals surface area contributed by atoms with Crippen LogP contribution in [0.1, 0.15) is 28.8 Å². The van der Waals surface area contributed by atoms with Crippen molar-refractivity contribution in [1.29, 1.82) is 0 Å². The van der Waals surface area contributed by atoms with Gasteiger partial charge in [0.25, 0.3) is 5.91 Å². The van der Waals surface area contributed by atoms with Crippen LogP contribution in [0, 0.1) is 0 Å². The molecule has 0 aliphatic heterocycles. The second kappa shape index (κ2) is 9.78. The Balaban J connectivity index is 1.60. The van der Waals surface area contributed by atoms with Gasteiger partial charge in [0.05, 0.1) is 7.11 Å². The number of nitrogens with one attached hydrogen (secondary N) is 1. The highest BCUT2D eigenvalue weighted by atomic mass is 19.3. The lowest BCUT2D eigenvalue weighted by molar-refractivity contribution is -0.0512. The van der Waals surface area contributed by atoms with Crippen molar-refractivity contribution in [2.75, 3.05) is 12.4 Å². The van der Waals surface area contributed by atoms with Crippen LogP contribution in [-0.4, -0.2) is 19.6 Å². The number of hydrogen-bond acceptors (Lipinski definition) is 5. The third-order valence-electron chi connectivity index (χ3n) is 4.24. The summed E-state index contributed by atoms with van der Waals surface area (Å²) >= 11 is 0. The van der Waals surface area contributed by atoms with Gasteiger partial charge in [0, 0.05) is 11.8 Å². The number of halogens is 2. The van der Waals surface area contributed by atoms with E-state index in [1.807, 2.05) is 24.3 Å². The van der Waals surface area contributed by atoms with Crippen LogP contribution < -0.4 is 19.5 Å². The fourth-order valence-corrected chi connectivity index (χ4v) is 2.68. The molecular weight excluding hydrogens is 396 g/mol. The Morgan fingerprint density at radius 2 is 1.83 bits per heavy atom. The van der Waals surface area contributed by atoms with E-state index < -0.39 is 12.5 Å². The number of methoxy groups -OCH3 is 1. The predicted molar refractivity (Wildman–Crippen MR) is 106 cm³/mol. The van der Waals surface area contributed by atoms with Crippen molar-refractivity contribution in [1.82, 2.24) is 0 Å². The fourth-order valence-electron chi connectivity index (χ4n) is 2.68. The monoisotopic (exact) mass is 417 g/mol. The highest BCUT2D eigenvalue weighted by Crippen LogP contribution is 2.31. The van der Waals surface area contributed by atoms with Crippen LogP contribution in [0.3, 0.4) is 0 Å². The molecule has 0 aliphatic rings. The SMILES string of the molecule is CCc1ccc(OCc2ccc(C(=O)Nc3ccc(OC(F)F)c(OC)c3)o2)cc1. The van der Waals surface area contributed by atoms with E-state index in [2.05, 4.69) is 17.0 Å². The summed E-state index contributed by atoms with van der Waals surface area (Å²) in [6, 6.07) is 15.0. The van der Waals surface area contributed by atoms with Gasteiger partial charge in [-0.05, 0) is 48.4 Å². The van der Waals surface area contributed by atoms with Crippen LogP contribution in [0.4, 0.5) is 14.5 Å². The zero-order valence-electron chi connectivity index (χ0n) is 16.5. The number of carbonyl (C=O) groups excluding carboxylic acids is 1. The van der Waals surface area contributed by atoms with Gasteiger partial charge in [0.1, 0.15) is 18.1 Å². The Morgan fingerprint density at radius 3 is 2.50 bits per heavy atom. The van der Waals surface area contributed by atoms with E-state index >= 15 is 0 Å². The maximum Gasteiger partial charge on any atom is 0.387 e. The molecule has 0 unspecified atom stereocenters. The molecule has 0 saturated heterocycles. The summed E-state index contributed by atoms with van der Waals surface area (Å²) in [6.07, 6.45) is 0.949. The summed E-state index contributed by atoms with van der Waals surface area (Å²) in [5, 5.41) is 2.62. The number of benzene rings is 2. The van der Waals surface area contributed by atoms with Crippen LogP contribution >= 0.6 is 0 Å². The van der Waals surface area contributed by atoms with E-state index in [0.717, 1.165) is 6.42 Å². The minimum absolute atomic E-state index is 0.0655. The van der Waals surface area contributed by atoms with Gasteiger partial charge in [-0.1, -0.05) is 19.1 Å². The molecule has 0 saturated carbocycles.